The van der Waals surface area contributed by atoms with Gasteiger partial charge in [0.15, 0.2) is 0 Å². The molecule has 0 aliphatic carbocycles. The normalized spacial score (nSPS) is 17.3. The van der Waals surface area contributed by atoms with Crippen molar-refractivity contribution in [1.82, 2.24) is 15.1 Å². The molecule has 2 heterocycles. The highest BCUT2D eigenvalue weighted by Gasteiger charge is 2.26. The molecule has 1 saturated heterocycles. The Morgan fingerprint density at radius 1 is 1.31 bits per heavy atom. The van der Waals surface area contributed by atoms with Crippen LogP contribution in [0.15, 0.2) is 47.4 Å². The fraction of sp³-hybridized carbons (Fsp3) is 0.450. The summed E-state index contributed by atoms with van der Waals surface area (Å²) in [6, 6.07) is 11.6. The van der Waals surface area contributed by atoms with Crippen molar-refractivity contribution < 1.29 is 4.79 Å². The summed E-state index contributed by atoms with van der Waals surface area (Å²) in [4.78, 5) is 26.8. The number of piperidine rings is 1. The zero-order valence-electron chi connectivity index (χ0n) is 15.4. The second kappa shape index (κ2) is 8.17. The van der Waals surface area contributed by atoms with Crippen molar-refractivity contribution in [2.75, 3.05) is 18.0 Å². The van der Waals surface area contributed by atoms with Gasteiger partial charge in [-0.25, -0.2) is 4.68 Å². The lowest BCUT2D eigenvalue weighted by Crippen LogP contribution is -2.45. The van der Waals surface area contributed by atoms with Crippen LogP contribution < -0.4 is 15.8 Å². The van der Waals surface area contributed by atoms with Gasteiger partial charge >= 0.3 is 0 Å². The van der Waals surface area contributed by atoms with Crippen LogP contribution in [0.3, 0.4) is 0 Å². The summed E-state index contributed by atoms with van der Waals surface area (Å²) in [6.07, 6.45) is 3.55. The van der Waals surface area contributed by atoms with Crippen LogP contribution in [-0.4, -0.2) is 34.8 Å². The van der Waals surface area contributed by atoms with Gasteiger partial charge in [-0.3, -0.25) is 9.59 Å². The fourth-order valence-electron chi connectivity index (χ4n) is 3.30. The standard InChI is InChI=1S/C20H26N4O2/c1-15(2)22-20(26)17-9-6-10-23(14-17)18-11-19(25)24(21-12-18)13-16-7-4-3-5-8-16/h3-5,7-8,11-12,15,17H,6,9-10,13-14H2,1-2H3,(H,22,26)/t17-/m1/s1. The molecule has 0 radical (unpaired) electrons. The molecule has 6 heteroatoms. The summed E-state index contributed by atoms with van der Waals surface area (Å²) in [5.41, 5.74) is 1.71. The third-order valence-corrected chi connectivity index (χ3v) is 4.62. The number of nitrogens with one attached hydrogen (secondary N) is 1. The van der Waals surface area contributed by atoms with Crippen molar-refractivity contribution in [1.29, 1.82) is 0 Å². The van der Waals surface area contributed by atoms with Gasteiger partial charge in [0.2, 0.25) is 5.91 Å². The minimum absolute atomic E-state index is 0.0436. The van der Waals surface area contributed by atoms with Crippen LogP contribution in [0.25, 0.3) is 0 Å². The van der Waals surface area contributed by atoms with E-state index in [0.717, 1.165) is 30.6 Å². The molecule has 1 N–H and O–H groups in total. The van der Waals surface area contributed by atoms with Crippen molar-refractivity contribution in [3.8, 4) is 0 Å². The van der Waals surface area contributed by atoms with Gasteiger partial charge in [0.1, 0.15) is 0 Å². The van der Waals surface area contributed by atoms with E-state index in [9.17, 15) is 9.59 Å². The average molecular weight is 354 g/mol. The van der Waals surface area contributed by atoms with E-state index in [1.165, 1.54) is 4.68 Å². The molecule has 0 saturated carbocycles. The monoisotopic (exact) mass is 354 g/mol. The summed E-state index contributed by atoms with van der Waals surface area (Å²) in [7, 11) is 0. The molecule has 26 heavy (non-hydrogen) atoms. The van der Waals surface area contributed by atoms with Crippen molar-refractivity contribution in [2.24, 2.45) is 5.92 Å². The zero-order valence-corrected chi connectivity index (χ0v) is 15.4. The largest absolute Gasteiger partial charge is 0.369 e. The molecule has 0 unspecified atom stereocenters. The molecule has 0 bridgehead atoms. The van der Waals surface area contributed by atoms with Gasteiger partial charge in [-0.2, -0.15) is 5.10 Å². The van der Waals surface area contributed by atoms with Crippen LogP contribution in [0.1, 0.15) is 32.3 Å². The lowest BCUT2D eigenvalue weighted by atomic mass is 9.96. The van der Waals surface area contributed by atoms with Crippen molar-refractivity contribution in [3.63, 3.8) is 0 Å². The minimum Gasteiger partial charge on any atom is -0.369 e. The predicted molar refractivity (Wildman–Crippen MR) is 102 cm³/mol. The van der Waals surface area contributed by atoms with Crippen LogP contribution in [0.5, 0.6) is 0 Å². The van der Waals surface area contributed by atoms with Gasteiger partial charge in [-0.05, 0) is 32.3 Å². The molecule has 1 amide bonds. The Balaban J connectivity index is 1.70. The smallest absolute Gasteiger partial charge is 0.269 e. The molecular formula is C20H26N4O2. The van der Waals surface area contributed by atoms with Gasteiger partial charge in [-0.1, -0.05) is 30.3 Å². The Morgan fingerprint density at radius 3 is 2.77 bits per heavy atom. The molecule has 1 fully saturated rings. The number of hydrogen-bond donors (Lipinski definition) is 1. The molecule has 1 aromatic carbocycles. The quantitative estimate of drug-likeness (QED) is 0.892. The Bertz CT molecular complexity index is 801. The van der Waals surface area contributed by atoms with E-state index in [-0.39, 0.29) is 23.4 Å². The molecule has 6 nitrogen and oxygen atoms in total. The second-order valence-electron chi connectivity index (χ2n) is 7.14. The summed E-state index contributed by atoms with van der Waals surface area (Å²) < 4.78 is 1.46. The van der Waals surface area contributed by atoms with Gasteiger partial charge in [0.25, 0.3) is 5.56 Å². The van der Waals surface area contributed by atoms with Crippen LogP contribution in [0.2, 0.25) is 0 Å². The Morgan fingerprint density at radius 2 is 2.08 bits per heavy atom. The maximum absolute atomic E-state index is 12.4. The Hall–Kier alpha value is -2.63. The summed E-state index contributed by atoms with van der Waals surface area (Å²) in [5.74, 6) is 0.0491. The Kier molecular flexibility index (Phi) is 5.71. The van der Waals surface area contributed by atoms with Crippen LogP contribution in [0, 0.1) is 5.92 Å². The number of rotatable bonds is 5. The number of carbonyl (C=O) groups excluding carboxylic acids is 1. The van der Waals surface area contributed by atoms with E-state index >= 15 is 0 Å². The SMILES string of the molecule is CC(C)NC(=O)[C@@H]1CCCN(c2cnn(Cc3ccccc3)c(=O)c2)C1. The molecule has 2 aromatic rings. The maximum Gasteiger partial charge on any atom is 0.269 e. The summed E-state index contributed by atoms with van der Waals surface area (Å²) >= 11 is 0. The number of amides is 1. The highest BCUT2D eigenvalue weighted by molar-refractivity contribution is 5.79. The number of hydrogen-bond acceptors (Lipinski definition) is 4. The maximum atomic E-state index is 12.4. The molecule has 1 aliphatic rings. The first-order chi connectivity index (χ1) is 12.5. The molecular weight excluding hydrogens is 328 g/mol. The fourth-order valence-corrected chi connectivity index (χ4v) is 3.30. The number of benzene rings is 1. The van der Waals surface area contributed by atoms with Gasteiger partial charge in [0.05, 0.1) is 24.3 Å². The minimum atomic E-state index is -0.125. The van der Waals surface area contributed by atoms with Gasteiger partial charge < -0.3 is 10.2 Å². The molecule has 1 aliphatic heterocycles. The number of nitrogens with zero attached hydrogens (tertiary/aromatic N) is 3. The third-order valence-electron chi connectivity index (χ3n) is 4.62. The number of anilines is 1. The molecule has 3 rings (SSSR count). The van der Waals surface area contributed by atoms with E-state index in [0.29, 0.717) is 13.1 Å². The lowest BCUT2D eigenvalue weighted by Gasteiger charge is -2.33. The second-order valence-corrected chi connectivity index (χ2v) is 7.14. The highest BCUT2D eigenvalue weighted by atomic mass is 16.2. The number of aromatic nitrogens is 2. The first-order valence-electron chi connectivity index (χ1n) is 9.19. The first kappa shape index (κ1) is 18.2. The highest BCUT2D eigenvalue weighted by Crippen LogP contribution is 2.22. The van der Waals surface area contributed by atoms with Crippen molar-refractivity contribution in [2.45, 2.75) is 39.3 Å². The summed E-state index contributed by atoms with van der Waals surface area (Å²) in [5, 5.41) is 7.31. The molecule has 1 atom stereocenters. The van der Waals surface area contributed by atoms with Gasteiger partial charge in [-0.15, -0.1) is 0 Å². The topological polar surface area (TPSA) is 67.2 Å². The number of carbonyl (C=O) groups is 1. The van der Waals surface area contributed by atoms with E-state index in [4.69, 9.17) is 0 Å². The van der Waals surface area contributed by atoms with Crippen LogP contribution in [-0.2, 0) is 11.3 Å². The van der Waals surface area contributed by atoms with Gasteiger partial charge in [0, 0.05) is 25.2 Å². The van der Waals surface area contributed by atoms with Crippen LogP contribution in [0.4, 0.5) is 5.69 Å². The Labute approximate surface area is 153 Å². The van der Waals surface area contributed by atoms with Crippen molar-refractivity contribution >= 4 is 11.6 Å². The lowest BCUT2D eigenvalue weighted by molar-refractivity contribution is -0.125. The van der Waals surface area contributed by atoms with E-state index in [1.54, 1.807) is 12.3 Å². The average Bonchev–Trinajstić information content (AvgIpc) is 2.64. The van der Waals surface area contributed by atoms with E-state index in [2.05, 4.69) is 15.3 Å². The molecule has 0 spiro atoms. The van der Waals surface area contributed by atoms with E-state index < -0.39 is 0 Å². The van der Waals surface area contributed by atoms with Crippen molar-refractivity contribution in [3.05, 3.63) is 58.5 Å². The third kappa shape index (κ3) is 4.50. The zero-order chi connectivity index (χ0) is 18.5. The first-order valence-corrected chi connectivity index (χ1v) is 9.19. The van der Waals surface area contributed by atoms with E-state index in [1.807, 2.05) is 44.2 Å². The molecule has 1 aromatic heterocycles. The molecule has 138 valence electrons. The van der Waals surface area contributed by atoms with Crippen LogP contribution >= 0.6 is 0 Å². The predicted octanol–water partition coefficient (Wildman–Crippen LogP) is 2.03. The summed E-state index contributed by atoms with van der Waals surface area (Å²) in [6.45, 7) is 5.86.